The molecule has 0 heterocycles. The number of carbonyl (C=O) groups is 1. The van der Waals surface area contributed by atoms with Crippen LogP contribution in [0.4, 0.5) is 34.1 Å². The number of nitrogen functional groups attached to an aromatic ring is 2. The number of benzene rings is 3. The van der Waals surface area contributed by atoms with Crippen LogP contribution in [0.2, 0.25) is 0 Å². The molecule has 0 spiro atoms. The maximum Gasteiger partial charge on any atom is 0.296 e. The van der Waals surface area contributed by atoms with E-state index in [1.165, 1.54) is 24.3 Å². The number of rotatable bonds is 11. The van der Waals surface area contributed by atoms with Gasteiger partial charge in [0.05, 0.1) is 40.9 Å². The number of carbonyl (C=O) groups excluding carboxylic acids is 1. The molecule has 0 aliphatic carbocycles. The number of nitrogens with one attached hydrogen (secondary N) is 1. The second-order valence-corrected chi connectivity index (χ2v) is 12.1. The predicted octanol–water partition coefficient (Wildman–Crippen LogP) is 3.37. The van der Waals surface area contributed by atoms with Gasteiger partial charge in [0, 0.05) is 12.1 Å². The molecule has 14 nitrogen and oxygen atoms in total. The molecule has 16 heteroatoms. The fourth-order valence-corrected chi connectivity index (χ4v) is 4.86. The van der Waals surface area contributed by atoms with Crippen molar-refractivity contribution in [1.29, 1.82) is 0 Å². The number of aliphatic hydroxyl groups is 1. The quantitative estimate of drug-likeness (QED) is 0.125. The van der Waals surface area contributed by atoms with Crippen molar-refractivity contribution in [2.24, 2.45) is 20.5 Å². The zero-order chi connectivity index (χ0) is 29.5. The summed E-state index contributed by atoms with van der Waals surface area (Å²) >= 11 is 0. The number of hydrogen-bond donors (Lipinski definition) is 5. The summed E-state index contributed by atoms with van der Waals surface area (Å²) in [7, 11) is -8.30. The van der Waals surface area contributed by atoms with Gasteiger partial charge < -0.3 is 21.9 Å². The second kappa shape index (κ2) is 12.7. The molecule has 0 aliphatic heterocycles. The van der Waals surface area contributed by atoms with E-state index >= 15 is 0 Å². The van der Waals surface area contributed by atoms with Crippen LogP contribution in [0.1, 0.15) is 15.9 Å². The number of azo groups is 2. The summed E-state index contributed by atoms with van der Waals surface area (Å²) in [6.07, 6.45) is 0. The minimum atomic E-state index is -4.80. The molecule has 0 radical (unpaired) electrons. The molecule has 1 amide bonds. The number of sulfone groups is 1. The van der Waals surface area contributed by atoms with Crippen LogP contribution in [0.25, 0.3) is 0 Å². The first-order valence-electron chi connectivity index (χ1n) is 11.6. The summed E-state index contributed by atoms with van der Waals surface area (Å²) in [4.78, 5) is 11.7. The van der Waals surface area contributed by atoms with Crippen LogP contribution in [0.3, 0.4) is 0 Å². The van der Waals surface area contributed by atoms with Crippen LogP contribution >= 0.6 is 0 Å². The minimum Gasteiger partial charge on any atom is -0.396 e. The van der Waals surface area contributed by atoms with Gasteiger partial charge in [-0.2, -0.15) is 18.6 Å². The van der Waals surface area contributed by atoms with Gasteiger partial charge in [-0.05, 0) is 42.8 Å². The SMILES string of the molecule is Cc1ccccc1N=Nc1c(N)c(N=Nc2cccc(C(=O)NCCS(=O)(=O)CCO)c2)cc(S(=O)(=O)O)c1N. The minimum absolute atomic E-state index is 0.146. The Morgan fingerprint density at radius 1 is 0.875 bits per heavy atom. The van der Waals surface area contributed by atoms with Gasteiger partial charge >= 0.3 is 0 Å². The summed E-state index contributed by atoms with van der Waals surface area (Å²) in [5, 5.41) is 27.3. The third-order valence-corrected chi connectivity index (χ3v) is 7.98. The molecule has 7 N–H and O–H groups in total. The van der Waals surface area contributed by atoms with Crippen LogP contribution in [0, 0.1) is 6.92 Å². The third kappa shape index (κ3) is 7.89. The maximum atomic E-state index is 12.4. The summed E-state index contributed by atoms with van der Waals surface area (Å²) < 4.78 is 57.0. The lowest BCUT2D eigenvalue weighted by atomic mass is 10.2. The number of aliphatic hydroxyl groups excluding tert-OH is 1. The van der Waals surface area contributed by atoms with E-state index in [0.29, 0.717) is 5.69 Å². The van der Waals surface area contributed by atoms with E-state index in [9.17, 15) is 26.2 Å². The van der Waals surface area contributed by atoms with Crippen molar-refractivity contribution in [3.05, 3.63) is 65.7 Å². The summed E-state index contributed by atoms with van der Waals surface area (Å²) in [5.41, 5.74) is 12.7. The Morgan fingerprint density at radius 3 is 2.25 bits per heavy atom. The van der Waals surface area contributed by atoms with E-state index in [1.807, 2.05) is 0 Å². The molecule has 3 rings (SSSR count). The van der Waals surface area contributed by atoms with Crippen LogP contribution in [-0.2, 0) is 20.0 Å². The van der Waals surface area contributed by atoms with Crippen LogP contribution in [-0.4, -0.2) is 57.1 Å². The van der Waals surface area contributed by atoms with Crippen molar-refractivity contribution in [3.63, 3.8) is 0 Å². The predicted molar refractivity (Wildman–Crippen MR) is 149 cm³/mol. The lowest BCUT2D eigenvalue weighted by Gasteiger charge is -2.10. The van der Waals surface area contributed by atoms with Crippen LogP contribution in [0.15, 0.2) is 79.9 Å². The van der Waals surface area contributed by atoms with E-state index in [2.05, 4.69) is 25.8 Å². The van der Waals surface area contributed by atoms with Gasteiger partial charge in [-0.1, -0.05) is 24.3 Å². The average Bonchev–Trinajstić information content (AvgIpc) is 2.88. The Labute approximate surface area is 230 Å². The van der Waals surface area contributed by atoms with Gasteiger partial charge in [0.1, 0.15) is 16.3 Å². The van der Waals surface area contributed by atoms with Crippen LogP contribution < -0.4 is 16.8 Å². The Bertz CT molecular complexity index is 1690. The Balaban J connectivity index is 1.91. The van der Waals surface area contributed by atoms with Gasteiger partial charge in [-0.3, -0.25) is 9.35 Å². The Morgan fingerprint density at radius 2 is 1.57 bits per heavy atom. The van der Waals surface area contributed by atoms with E-state index in [4.69, 9.17) is 16.6 Å². The molecule has 0 aromatic heterocycles. The highest BCUT2D eigenvalue weighted by atomic mass is 32.2. The standard InChI is InChI=1S/C24H27N7O7S2/c1-15-5-2-3-8-18(15)29-31-23-21(25)19(14-20(22(23)26)40(36,37)38)30-28-17-7-4-6-16(13-17)24(33)27-9-11-39(34,35)12-10-32/h2-8,13-14,32H,9-12,25-26H2,1H3,(H,27,33)(H,36,37,38). The topological polar surface area (TPSA) is 239 Å². The molecule has 0 aliphatic rings. The van der Waals surface area contributed by atoms with Crippen molar-refractivity contribution in [1.82, 2.24) is 5.32 Å². The number of nitrogens with two attached hydrogens (primary N) is 2. The number of amides is 1. The van der Waals surface area contributed by atoms with Gasteiger partial charge in [-0.15, -0.1) is 10.2 Å². The molecule has 40 heavy (non-hydrogen) atoms. The highest BCUT2D eigenvalue weighted by molar-refractivity contribution is 7.91. The first-order chi connectivity index (χ1) is 18.8. The van der Waals surface area contributed by atoms with E-state index in [1.54, 1.807) is 31.2 Å². The van der Waals surface area contributed by atoms with Gasteiger partial charge in [-0.25, -0.2) is 8.42 Å². The molecule has 0 unspecified atom stereocenters. The van der Waals surface area contributed by atoms with Crippen molar-refractivity contribution in [2.75, 3.05) is 36.1 Å². The summed E-state index contributed by atoms with van der Waals surface area (Å²) in [6.45, 7) is 1.13. The lowest BCUT2D eigenvalue weighted by Crippen LogP contribution is -2.30. The molecule has 3 aromatic carbocycles. The average molecular weight is 590 g/mol. The van der Waals surface area contributed by atoms with Crippen molar-refractivity contribution in [3.8, 4) is 0 Å². The molecule has 0 atom stereocenters. The highest BCUT2D eigenvalue weighted by Crippen LogP contribution is 2.43. The highest BCUT2D eigenvalue weighted by Gasteiger charge is 2.22. The molecular formula is C24H27N7O7S2. The number of aryl methyl sites for hydroxylation is 1. The third-order valence-electron chi connectivity index (χ3n) is 5.45. The largest absolute Gasteiger partial charge is 0.396 e. The van der Waals surface area contributed by atoms with Crippen LogP contribution in [0.5, 0.6) is 0 Å². The zero-order valence-corrected chi connectivity index (χ0v) is 22.9. The molecule has 0 fully saturated rings. The van der Waals surface area contributed by atoms with E-state index in [-0.39, 0.29) is 40.6 Å². The zero-order valence-electron chi connectivity index (χ0n) is 21.2. The summed E-state index contributed by atoms with van der Waals surface area (Å²) in [5.74, 6) is -1.31. The first-order valence-corrected chi connectivity index (χ1v) is 14.9. The molecule has 3 aromatic rings. The van der Waals surface area contributed by atoms with E-state index < -0.39 is 48.8 Å². The smallest absolute Gasteiger partial charge is 0.296 e. The lowest BCUT2D eigenvalue weighted by molar-refractivity contribution is 0.0956. The molecular weight excluding hydrogens is 562 g/mol. The first kappa shape index (κ1) is 30.3. The van der Waals surface area contributed by atoms with Gasteiger partial charge in [0.25, 0.3) is 16.0 Å². The van der Waals surface area contributed by atoms with Gasteiger partial charge in [0.15, 0.2) is 9.84 Å². The van der Waals surface area contributed by atoms with Crippen molar-refractivity contribution < 1.29 is 31.3 Å². The van der Waals surface area contributed by atoms with Crippen molar-refractivity contribution >= 4 is 60.0 Å². The molecule has 0 bridgehead atoms. The molecule has 0 saturated heterocycles. The van der Waals surface area contributed by atoms with E-state index in [0.717, 1.165) is 11.6 Å². The second-order valence-electron chi connectivity index (χ2n) is 8.41. The van der Waals surface area contributed by atoms with Crippen molar-refractivity contribution in [2.45, 2.75) is 11.8 Å². The summed E-state index contributed by atoms with van der Waals surface area (Å²) in [6, 6.07) is 13.8. The molecule has 212 valence electrons. The van der Waals surface area contributed by atoms with Gasteiger partial charge in [0.2, 0.25) is 0 Å². The normalized spacial score (nSPS) is 12.3. The number of nitrogens with zero attached hydrogens (tertiary/aromatic N) is 4. The monoisotopic (exact) mass is 589 g/mol. The fourth-order valence-electron chi connectivity index (χ4n) is 3.33. The maximum absolute atomic E-state index is 12.4. The Kier molecular flexibility index (Phi) is 9.65. The number of anilines is 2. The Hall–Kier alpha value is -4.25. The fraction of sp³-hybridized carbons (Fsp3) is 0.208. The molecule has 0 saturated carbocycles. The number of hydrogen-bond acceptors (Lipinski definition) is 12.